The van der Waals surface area contributed by atoms with Gasteiger partial charge in [0.1, 0.15) is 11.2 Å². The molecule has 0 saturated carbocycles. The summed E-state index contributed by atoms with van der Waals surface area (Å²) in [4.78, 5) is 16.2. The Morgan fingerprint density at radius 3 is 3.12 bits per heavy atom. The molecule has 2 rings (SSSR count). The van der Waals surface area contributed by atoms with Crippen LogP contribution in [0.5, 0.6) is 0 Å². The number of rotatable bonds is 2. The fraction of sp³-hybridized carbons (Fsp3) is 0.400. The first-order valence-electron chi connectivity index (χ1n) is 5.24. The highest BCUT2D eigenvalue weighted by molar-refractivity contribution is 5.74. The number of hydrogen-bond acceptors (Lipinski definition) is 5. The summed E-state index contributed by atoms with van der Waals surface area (Å²) in [6, 6.07) is 0. The van der Waals surface area contributed by atoms with Gasteiger partial charge in [-0.15, -0.1) is 5.10 Å². The molecule has 0 bridgehead atoms. The monoisotopic (exact) mass is 235 g/mol. The first-order valence-corrected chi connectivity index (χ1v) is 5.24. The average molecular weight is 235 g/mol. The normalized spacial score (nSPS) is 12.1. The molecule has 7 nitrogen and oxygen atoms in total. The van der Waals surface area contributed by atoms with Crippen molar-refractivity contribution in [3.63, 3.8) is 0 Å². The predicted molar refractivity (Wildman–Crippen MR) is 63.0 cm³/mol. The summed E-state index contributed by atoms with van der Waals surface area (Å²) in [5.74, 6) is 0.896. The summed E-state index contributed by atoms with van der Waals surface area (Å²) >= 11 is 0. The maximum Gasteiger partial charge on any atom is 0.285 e. The highest BCUT2D eigenvalue weighted by Crippen LogP contribution is 2.03. The second-order valence-electron chi connectivity index (χ2n) is 3.46. The second-order valence-corrected chi connectivity index (χ2v) is 3.46. The molecule has 0 spiro atoms. The van der Waals surface area contributed by atoms with Crippen LogP contribution in [0.3, 0.4) is 0 Å². The average Bonchev–Trinajstić information content (AvgIpc) is 2.72. The molecule has 0 atom stereocenters. The van der Waals surface area contributed by atoms with Gasteiger partial charge in [0.05, 0.1) is 12.8 Å². The highest BCUT2D eigenvalue weighted by Gasteiger charge is 2.09. The number of aryl methyl sites for hydroxylation is 1. The van der Waals surface area contributed by atoms with Gasteiger partial charge >= 0.3 is 0 Å². The molecule has 0 fully saturated rings. The lowest BCUT2D eigenvalue weighted by atomic mass is 10.4. The molecular formula is C10H13N5O2. The van der Waals surface area contributed by atoms with Crippen LogP contribution in [0.4, 0.5) is 0 Å². The molecule has 0 aliphatic rings. The van der Waals surface area contributed by atoms with E-state index in [9.17, 15) is 4.79 Å². The third kappa shape index (κ3) is 2.03. The fourth-order valence-electron chi connectivity index (χ4n) is 1.49. The van der Waals surface area contributed by atoms with E-state index in [1.54, 1.807) is 13.8 Å². The minimum absolute atomic E-state index is 0.264. The number of hydrogen-bond donors (Lipinski definition) is 1. The molecule has 0 saturated heterocycles. The molecule has 2 heterocycles. The Bertz CT molecular complexity index is 625. The van der Waals surface area contributed by atoms with Crippen molar-refractivity contribution in [2.45, 2.75) is 20.8 Å². The van der Waals surface area contributed by atoms with E-state index in [0.717, 1.165) is 0 Å². The van der Waals surface area contributed by atoms with Crippen molar-refractivity contribution in [1.82, 2.24) is 19.9 Å². The molecule has 0 unspecified atom stereocenters. The Morgan fingerprint density at radius 1 is 1.65 bits per heavy atom. The Morgan fingerprint density at radius 2 is 2.41 bits per heavy atom. The van der Waals surface area contributed by atoms with Crippen molar-refractivity contribution in [3.8, 4) is 0 Å². The summed E-state index contributed by atoms with van der Waals surface area (Å²) in [6.45, 7) is 5.75. The molecule has 7 heteroatoms. The Labute approximate surface area is 97.1 Å². The van der Waals surface area contributed by atoms with E-state index in [1.807, 2.05) is 6.92 Å². The van der Waals surface area contributed by atoms with E-state index in [2.05, 4.69) is 20.3 Å². The largest absolute Gasteiger partial charge is 0.480 e. The summed E-state index contributed by atoms with van der Waals surface area (Å²) < 4.78 is 6.40. The Hall–Kier alpha value is -2.18. The highest BCUT2D eigenvalue weighted by atomic mass is 16.5. The molecule has 17 heavy (non-hydrogen) atoms. The van der Waals surface area contributed by atoms with E-state index < -0.39 is 0 Å². The van der Waals surface area contributed by atoms with Crippen LogP contribution in [0.1, 0.15) is 19.7 Å². The van der Waals surface area contributed by atoms with Gasteiger partial charge in [-0.2, -0.15) is 9.77 Å². The van der Waals surface area contributed by atoms with Crippen LogP contribution in [-0.4, -0.2) is 32.4 Å². The van der Waals surface area contributed by atoms with Crippen LogP contribution in [0.25, 0.3) is 11.0 Å². The molecule has 0 radical (unpaired) electrons. The fourth-order valence-corrected chi connectivity index (χ4v) is 1.49. The number of nitrogens with one attached hydrogen (secondary N) is 1. The van der Waals surface area contributed by atoms with E-state index in [1.165, 1.54) is 10.9 Å². The van der Waals surface area contributed by atoms with Crippen LogP contribution in [0.15, 0.2) is 16.1 Å². The zero-order chi connectivity index (χ0) is 12.4. The molecule has 0 aliphatic carbocycles. The zero-order valence-corrected chi connectivity index (χ0v) is 9.89. The number of aromatic amines is 1. The van der Waals surface area contributed by atoms with Crippen LogP contribution < -0.4 is 5.56 Å². The van der Waals surface area contributed by atoms with E-state index in [4.69, 9.17) is 4.74 Å². The van der Waals surface area contributed by atoms with Crippen molar-refractivity contribution in [3.05, 3.63) is 22.4 Å². The standard InChI is InChI=1S/C10H13N5O2/c1-4-17-7(3)14-15-6(2)12-9-8(10(15)16)5-11-13-9/h5H,4H2,1-3H3,(H,11,13)/b14-7-. The van der Waals surface area contributed by atoms with Crippen molar-refractivity contribution < 1.29 is 4.74 Å². The number of nitrogens with zero attached hydrogens (tertiary/aromatic N) is 4. The number of H-pyrrole nitrogens is 1. The van der Waals surface area contributed by atoms with Crippen molar-refractivity contribution in [1.29, 1.82) is 0 Å². The van der Waals surface area contributed by atoms with Gasteiger partial charge in [0.25, 0.3) is 5.56 Å². The van der Waals surface area contributed by atoms with Gasteiger partial charge in [-0.25, -0.2) is 4.98 Å². The molecule has 0 aromatic carbocycles. The van der Waals surface area contributed by atoms with Crippen molar-refractivity contribution in [2.75, 3.05) is 6.61 Å². The van der Waals surface area contributed by atoms with Crippen molar-refractivity contribution >= 4 is 16.9 Å². The van der Waals surface area contributed by atoms with Gasteiger partial charge in [-0.05, 0) is 13.8 Å². The summed E-state index contributed by atoms with van der Waals surface area (Å²) in [5.41, 5.74) is 0.202. The molecular weight excluding hydrogens is 222 g/mol. The van der Waals surface area contributed by atoms with Gasteiger partial charge in [-0.3, -0.25) is 9.89 Å². The number of aromatic nitrogens is 4. The zero-order valence-electron chi connectivity index (χ0n) is 9.89. The second kappa shape index (κ2) is 4.36. The lowest BCUT2D eigenvalue weighted by molar-refractivity contribution is 0.320. The van der Waals surface area contributed by atoms with Crippen molar-refractivity contribution in [2.24, 2.45) is 5.10 Å². The molecule has 90 valence electrons. The summed E-state index contributed by atoms with van der Waals surface area (Å²) in [6.07, 6.45) is 1.44. The van der Waals surface area contributed by atoms with Crippen LogP contribution in [0, 0.1) is 6.92 Å². The van der Waals surface area contributed by atoms with Crippen LogP contribution >= 0.6 is 0 Å². The predicted octanol–water partition coefficient (Wildman–Crippen LogP) is 0.646. The van der Waals surface area contributed by atoms with E-state index >= 15 is 0 Å². The smallest absolute Gasteiger partial charge is 0.285 e. The van der Waals surface area contributed by atoms with E-state index in [0.29, 0.717) is 29.4 Å². The molecule has 2 aromatic rings. The SMILES string of the molecule is CCO/C(C)=N\n1c(C)nc2[nH]ncc2c1=O. The number of ether oxygens (including phenoxy) is 1. The van der Waals surface area contributed by atoms with Gasteiger partial charge in [-0.1, -0.05) is 0 Å². The van der Waals surface area contributed by atoms with Gasteiger partial charge in [0, 0.05) is 6.92 Å². The Balaban J connectivity index is 2.61. The first-order chi connectivity index (χ1) is 8.13. The maximum atomic E-state index is 12.1. The first kappa shape index (κ1) is 11.3. The summed E-state index contributed by atoms with van der Waals surface area (Å²) in [5, 5.41) is 10.9. The van der Waals surface area contributed by atoms with Crippen LogP contribution in [0.2, 0.25) is 0 Å². The topological polar surface area (TPSA) is 85.2 Å². The minimum atomic E-state index is -0.264. The van der Waals surface area contributed by atoms with Crippen LogP contribution in [-0.2, 0) is 4.74 Å². The maximum absolute atomic E-state index is 12.1. The lowest BCUT2D eigenvalue weighted by Crippen LogP contribution is -2.21. The third-order valence-corrected chi connectivity index (χ3v) is 2.22. The molecule has 0 aliphatic heterocycles. The minimum Gasteiger partial charge on any atom is -0.480 e. The van der Waals surface area contributed by atoms with Gasteiger partial charge in [0.2, 0.25) is 5.90 Å². The molecule has 1 N–H and O–H groups in total. The molecule has 0 amide bonds. The number of fused-ring (bicyclic) bond motifs is 1. The quantitative estimate of drug-likeness (QED) is 0.611. The van der Waals surface area contributed by atoms with E-state index in [-0.39, 0.29) is 5.56 Å². The lowest BCUT2D eigenvalue weighted by Gasteiger charge is -2.05. The van der Waals surface area contributed by atoms with Gasteiger partial charge < -0.3 is 4.74 Å². The molecule has 2 aromatic heterocycles. The third-order valence-electron chi connectivity index (χ3n) is 2.22. The summed E-state index contributed by atoms with van der Waals surface area (Å²) in [7, 11) is 0. The Kier molecular flexibility index (Phi) is 2.90. The van der Waals surface area contributed by atoms with Gasteiger partial charge in [0.15, 0.2) is 5.65 Å².